The van der Waals surface area contributed by atoms with E-state index < -0.39 is 0 Å². The van der Waals surface area contributed by atoms with Gasteiger partial charge in [0.25, 0.3) is 0 Å². The molecule has 0 saturated carbocycles. The summed E-state index contributed by atoms with van der Waals surface area (Å²) in [6.07, 6.45) is 6.32. The lowest BCUT2D eigenvalue weighted by atomic mass is 10.0. The molecule has 0 radical (unpaired) electrons. The van der Waals surface area contributed by atoms with Crippen LogP contribution in [0.2, 0.25) is 5.02 Å². The van der Waals surface area contributed by atoms with Crippen molar-refractivity contribution in [3.63, 3.8) is 0 Å². The zero-order valence-electron chi connectivity index (χ0n) is 12.2. The molecule has 21 heavy (non-hydrogen) atoms. The summed E-state index contributed by atoms with van der Waals surface area (Å²) in [6.45, 7) is 3.06. The number of nitrogens with one attached hydrogen (secondary N) is 1. The Balaban J connectivity index is 0.00000161. The van der Waals surface area contributed by atoms with Crippen molar-refractivity contribution in [3.05, 3.63) is 28.3 Å². The Morgan fingerprint density at radius 2 is 2.10 bits per heavy atom. The predicted molar refractivity (Wildman–Crippen MR) is 93.3 cm³/mol. The molecule has 1 atom stereocenters. The topological polar surface area (TPSA) is 21.3 Å². The van der Waals surface area contributed by atoms with Crippen LogP contribution in [0.25, 0.3) is 0 Å². The van der Waals surface area contributed by atoms with E-state index in [9.17, 15) is 0 Å². The van der Waals surface area contributed by atoms with Gasteiger partial charge in [0, 0.05) is 17.3 Å². The predicted octanol–water partition coefficient (Wildman–Crippen LogP) is 4.11. The van der Waals surface area contributed by atoms with Gasteiger partial charge in [-0.25, -0.2) is 0 Å². The van der Waals surface area contributed by atoms with E-state index in [1.54, 1.807) is 0 Å². The van der Waals surface area contributed by atoms with Crippen molar-refractivity contribution in [2.24, 2.45) is 0 Å². The van der Waals surface area contributed by atoms with Gasteiger partial charge in [-0.3, -0.25) is 0 Å². The number of ether oxygens (including phenoxy) is 1. The average Bonchev–Trinajstić information content (AvgIpc) is 2.73. The molecule has 1 fully saturated rings. The standard InChI is InChI=1S/C16H22ClNOS.ClH/c17-15-5-4-12-6-8-18-9-7-14(12)16(15)20-11-13-3-1-2-10-19-13;/h4-5,13,18H,1-3,6-11H2;1H. The Hall–Kier alpha value is 0.0700. The maximum Gasteiger partial charge on any atom is 0.0669 e. The minimum atomic E-state index is 0. The molecule has 3 rings (SSSR count). The van der Waals surface area contributed by atoms with Gasteiger partial charge in [-0.05, 0) is 62.4 Å². The first-order valence-corrected chi connectivity index (χ1v) is 8.96. The SMILES string of the molecule is Cl.Clc1ccc2c(c1SCC1CCCCO1)CCNCC2. The van der Waals surface area contributed by atoms with E-state index in [1.165, 1.54) is 35.3 Å². The number of hydrogen-bond donors (Lipinski definition) is 1. The number of benzene rings is 1. The molecule has 0 spiro atoms. The summed E-state index contributed by atoms with van der Waals surface area (Å²) in [6, 6.07) is 4.27. The second kappa shape index (κ2) is 8.64. The zero-order chi connectivity index (χ0) is 13.8. The number of thioether (sulfide) groups is 1. The number of halogens is 2. The van der Waals surface area contributed by atoms with Gasteiger partial charge in [0.2, 0.25) is 0 Å². The fraction of sp³-hybridized carbons (Fsp3) is 0.625. The van der Waals surface area contributed by atoms with E-state index in [2.05, 4.69) is 17.4 Å². The summed E-state index contributed by atoms with van der Waals surface area (Å²) in [7, 11) is 0. The minimum Gasteiger partial charge on any atom is -0.377 e. The normalized spacial score (nSPS) is 22.0. The van der Waals surface area contributed by atoms with Crippen LogP contribution in [-0.2, 0) is 17.6 Å². The Bertz CT molecular complexity index is 464. The van der Waals surface area contributed by atoms with Crippen LogP contribution in [0, 0.1) is 0 Å². The van der Waals surface area contributed by atoms with E-state index in [-0.39, 0.29) is 12.4 Å². The van der Waals surface area contributed by atoms with E-state index in [0.29, 0.717) is 6.10 Å². The third-order valence-electron chi connectivity index (χ3n) is 4.12. The van der Waals surface area contributed by atoms with Crippen LogP contribution >= 0.6 is 35.8 Å². The summed E-state index contributed by atoms with van der Waals surface area (Å²) < 4.78 is 5.83. The highest BCUT2D eigenvalue weighted by atomic mass is 35.5. The van der Waals surface area contributed by atoms with Crippen LogP contribution in [-0.4, -0.2) is 31.6 Å². The van der Waals surface area contributed by atoms with Crippen LogP contribution in [0.15, 0.2) is 17.0 Å². The van der Waals surface area contributed by atoms with E-state index in [1.807, 2.05) is 11.8 Å². The van der Waals surface area contributed by atoms with E-state index in [4.69, 9.17) is 16.3 Å². The van der Waals surface area contributed by atoms with Crippen LogP contribution in [0.1, 0.15) is 30.4 Å². The molecule has 1 unspecified atom stereocenters. The smallest absolute Gasteiger partial charge is 0.0669 e. The molecule has 0 aromatic heterocycles. The lowest BCUT2D eigenvalue weighted by Crippen LogP contribution is -2.21. The quantitative estimate of drug-likeness (QED) is 0.831. The maximum absolute atomic E-state index is 6.45. The molecule has 0 amide bonds. The van der Waals surface area contributed by atoms with Gasteiger partial charge in [-0.1, -0.05) is 17.7 Å². The van der Waals surface area contributed by atoms with Crippen molar-refractivity contribution in [1.29, 1.82) is 0 Å². The van der Waals surface area contributed by atoms with Crippen molar-refractivity contribution in [3.8, 4) is 0 Å². The van der Waals surface area contributed by atoms with Crippen LogP contribution in [0.3, 0.4) is 0 Å². The van der Waals surface area contributed by atoms with E-state index >= 15 is 0 Å². The van der Waals surface area contributed by atoms with Crippen molar-refractivity contribution in [2.45, 2.75) is 43.1 Å². The number of fused-ring (bicyclic) bond motifs is 1. The fourth-order valence-corrected chi connectivity index (χ4v) is 4.55. The van der Waals surface area contributed by atoms with Crippen LogP contribution in [0.5, 0.6) is 0 Å². The summed E-state index contributed by atoms with van der Waals surface area (Å²) in [4.78, 5) is 1.29. The summed E-state index contributed by atoms with van der Waals surface area (Å²) in [5, 5.41) is 4.38. The first-order chi connectivity index (χ1) is 9.84. The van der Waals surface area contributed by atoms with Crippen molar-refractivity contribution in [2.75, 3.05) is 25.4 Å². The van der Waals surface area contributed by atoms with E-state index in [0.717, 1.165) is 43.3 Å². The number of rotatable bonds is 3. The highest BCUT2D eigenvalue weighted by molar-refractivity contribution is 7.99. The van der Waals surface area contributed by atoms with Crippen LogP contribution < -0.4 is 5.32 Å². The second-order valence-corrected chi connectivity index (χ2v) is 7.00. The highest BCUT2D eigenvalue weighted by Gasteiger charge is 2.18. The summed E-state index contributed by atoms with van der Waals surface area (Å²) >= 11 is 8.34. The fourth-order valence-electron chi connectivity index (χ4n) is 2.98. The lowest BCUT2D eigenvalue weighted by Gasteiger charge is -2.23. The maximum atomic E-state index is 6.45. The van der Waals surface area contributed by atoms with Gasteiger partial charge in [-0.15, -0.1) is 24.2 Å². The molecular weight excluding hydrogens is 325 g/mol. The summed E-state index contributed by atoms with van der Waals surface area (Å²) in [5.41, 5.74) is 2.93. The second-order valence-electron chi connectivity index (χ2n) is 5.56. The highest BCUT2D eigenvalue weighted by Crippen LogP contribution is 2.35. The van der Waals surface area contributed by atoms with Crippen molar-refractivity contribution >= 4 is 35.8 Å². The largest absolute Gasteiger partial charge is 0.377 e. The average molecular weight is 348 g/mol. The molecule has 2 heterocycles. The Labute approximate surface area is 142 Å². The molecule has 5 heteroatoms. The first-order valence-electron chi connectivity index (χ1n) is 7.60. The van der Waals surface area contributed by atoms with Gasteiger partial charge < -0.3 is 10.1 Å². The van der Waals surface area contributed by atoms with Gasteiger partial charge in [-0.2, -0.15) is 0 Å². The van der Waals surface area contributed by atoms with Gasteiger partial charge in [0.05, 0.1) is 11.1 Å². The molecule has 2 aliphatic rings. The molecular formula is C16H23Cl2NOS. The first kappa shape index (κ1) is 17.4. The molecule has 2 aliphatic heterocycles. The van der Waals surface area contributed by atoms with Crippen molar-refractivity contribution in [1.82, 2.24) is 5.32 Å². The molecule has 0 aliphatic carbocycles. The molecule has 118 valence electrons. The molecule has 2 nitrogen and oxygen atoms in total. The zero-order valence-corrected chi connectivity index (χ0v) is 14.6. The third-order valence-corrected chi connectivity index (χ3v) is 5.84. The number of hydrogen-bond acceptors (Lipinski definition) is 3. The summed E-state index contributed by atoms with van der Waals surface area (Å²) in [5.74, 6) is 1.03. The van der Waals surface area contributed by atoms with Gasteiger partial charge in [0.1, 0.15) is 0 Å². The molecule has 1 N–H and O–H groups in total. The minimum absolute atomic E-state index is 0. The third kappa shape index (κ3) is 4.52. The molecule has 1 aromatic carbocycles. The Morgan fingerprint density at radius 3 is 2.90 bits per heavy atom. The monoisotopic (exact) mass is 347 g/mol. The molecule has 1 saturated heterocycles. The van der Waals surface area contributed by atoms with Gasteiger partial charge in [0.15, 0.2) is 0 Å². The Morgan fingerprint density at radius 1 is 1.24 bits per heavy atom. The van der Waals surface area contributed by atoms with Crippen molar-refractivity contribution < 1.29 is 4.74 Å². The Kier molecular flexibility index (Phi) is 7.17. The van der Waals surface area contributed by atoms with Crippen LogP contribution in [0.4, 0.5) is 0 Å². The molecule has 0 bridgehead atoms. The lowest BCUT2D eigenvalue weighted by molar-refractivity contribution is 0.0315. The van der Waals surface area contributed by atoms with Gasteiger partial charge >= 0.3 is 0 Å². The molecule has 1 aromatic rings.